The fourth-order valence-electron chi connectivity index (χ4n) is 2.50. The minimum Gasteiger partial charge on any atom is -0.368 e. The van der Waals surface area contributed by atoms with E-state index >= 15 is 0 Å². The van der Waals surface area contributed by atoms with E-state index in [2.05, 4.69) is 30.4 Å². The zero-order chi connectivity index (χ0) is 16.5. The van der Waals surface area contributed by atoms with Crippen LogP contribution in [0.3, 0.4) is 0 Å². The van der Waals surface area contributed by atoms with Crippen molar-refractivity contribution in [2.75, 3.05) is 11.1 Å². The maximum atomic E-state index is 5.75. The number of aryl methyl sites for hydroxylation is 1. The van der Waals surface area contributed by atoms with Gasteiger partial charge in [0.2, 0.25) is 17.8 Å². The third-order valence-corrected chi connectivity index (χ3v) is 3.86. The third kappa shape index (κ3) is 3.17. The van der Waals surface area contributed by atoms with Crippen molar-refractivity contribution in [3.8, 4) is 11.3 Å². The van der Waals surface area contributed by atoms with Gasteiger partial charge in [-0.3, -0.25) is 5.32 Å². The van der Waals surface area contributed by atoms with Gasteiger partial charge in [0.1, 0.15) is 0 Å². The van der Waals surface area contributed by atoms with Gasteiger partial charge >= 0.3 is 0 Å². The number of rotatable bonds is 5. The van der Waals surface area contributed by atoms with E-state index in [4.69, 9.17) is 10.3 Å². The Morgan fingerprint density at radius 3 is 2.92 bits per heavy atom. The molecule has 3 heterocycles. The van der Waals surface area contributed by atoms with E-state index in [1.807, 2.05) is 13.0 Å². The van der Waals surface area contributed by atoms with E-state index in [-0.39, 0.29) is 0 Å². The van der Waals surface area contributed by atoms with Crippen LogP contribution in [0.4, 0.5) is 17.8 Å². The summed E-state index contributed by atoms with van der Waals surface area (Å²) in [5.41, 5.74) is 9.10. The standard InChI is InChI=1S/C16H17N7O/c1-9-6-14(24-23-9)22-16-18-5-4-12(21-16)11-8-19-15(17)20-13(11)7-10-2-3-10/h4-6,8,10H,2-3,7H2,1H3,(H2,17,19,20)(H,18,21,22). The average Bonchev–Trinajstić information content (AvgIpc) is 3.28. The van der Waals surface area contributed by atoms with Crippen molar-refractivity contribution in [1.82, 2.24) is 25.1 Å². The minimum atomic E-state index is 0.291. The second-order valence-corrected chi connectivity index (χ2v) is 5.96. The molecule has 0 aliphatic heterocycles. The summed E-state index contributed by atoms with van der Waals surface area (Å²) in [5, 5.41) is 6.83. The topological polar surface area (TPSA) is 116 Å². The molecule has 0 amide bonds. The van der Waals surface area contributed by atoms with Crippen molar-refractivity contribution in [1.29, 1.82) is 0 Å². The van der Waals surface area contributed by atoms with Gasteiger partial charge < -0.3 is 10.3 Å². The summed E-state index contributed by atoms with van der Waals surface area (Å²) in [6, 6.07) is 3.61. The van der Waals surface area contributed by atoms with E-state index in [9.17, 15) is 0 Å². The Hall–Kier alpha value is -3.03. The number of nitrogens with one attached hydrogen (secondary N) is 1. The molecule has 3 aromatic rings. The molecule has 1 aliphatic rings. The van der Waals surface area contributed by atoms with Crippen molar-refractivity contribution in [2.45, 2.75) is 26.2 Å². The van der Waals surface area contributed by atoms with Crippen LogP contribution >= 0.6 is 0 Å². The average molecular weight is 323 g/mol. The van der Waals surface area contributed by atoms with Gasteiger partial charge in [-0.2, -0.15) is 0 Å². The first-order chi connectivity index (χ1) is 11.7. The summed E-state index contributed by atoms with van der Waals surface area (Å²) < 4.78 is 5.13. The van der Waals surface area contributed by atoms with Crippen LogP contribution in [0.15, 0.2) is 29.0 Å². The lowest BCUT2D eigenvalue weighted by Crippen LogP contribution is -2.04. The van der Waals surface area contributed by atoms with Crippen LogP contribution < -0.4 is 11.1 Å². The van der Waals surface area contributed by atoms with E-state index in [0.717, 1.165) is 29.1 Å². The first kappa shape index (κ1) is 14.6. The summed E-state index contributed by atoms with van der Waals surface area (Å²) in [6.07, 6.45) is 6.79. The van der Waals surface area contributed by atoms with Gasteiger partial charge in [0, 0.05) is 24.0 Å². The largest absolute Gasteiger partial charge is 0.368 e. The molecule has 8 nitrogen and oxygen atoms in total. The number of nitrogen functional groups attached to an aromatic ring is 1. The van der Waals surface area contributed by atoms with Gasteiger partial charge in [0.25, 0.3) is 0 Å². The van der Waals surface area contributed by atoms with Crippen LogP contribution in [0.5, 0.6) is 0 Å². The van der Waals surface area contributed by atoms with E-state index < -0.39 is 0 Å². The molecule has 122 valence electrons. The lowest BCUT2D eigenvalue weighted by atomic mass is 10.1. The highest BCUT2D eigenvalue weighted by Crippen LogP contribution is 2.34. The monoisotopic (exact) mass is 323 g/mol. The molecule has 1 fully saturated rings. The predicted octanol–water partition coefficient (Wildman–Crippen LogP) is 2.51. The molecule has 0 saturated heterocycles. The van der Waals surface area contributed by atoms with Gasteiger partial charge in [-0.05, 0) is 38.2 Å². The Balaban J connectivity index is 1.65. The van der Waals surface area contributed by atoms with E-state index in [0.29, 0.717) is 23.7 Å². The molecule has 3 aromatic heterocycles. The molecule has 4 rings (SSSR count). The second-order valence-electron chi connectivity index (χ2n) is 5.96. The van der Waals surface area contributed by atoms with Crippen molar-refractivity contribution in [2.24, 2.45) is 5.92 Å². The smallest absolute Gasteiger partial charge is 0.231 e. The predicted molar refractivity (Wildman–Crippen MR) is 88.4 cm³/mol. The summed E-state index contributed by atoms with van der Waals surface area (Å²) in [5.74, 6) is 1.91. The first-order valence-corrected chi connectivity index (χ1v) is 7.82. The molecular weight excluding hydrogens is 306 g/mol. The maximum absolute atomic E-state index is 5.75. The molecule has 3 N–H and O–H groups in total. The molecule has 0 unspecified atom stereocenters. The highest BCUT2D eigenvalue weighted by atomic mass is 16.5. The van der Waals surface area contributed by atoms with Crippen LogP contribution in [0, 0.1) is 12.8 Å². The van der Waals surface area contributed by atoms with E-state index in [1.54, 1.807) is 18.5 Å². The van der Waals surface area contributed by atoms with Gasteiger partial charge in [-0.1, -0.05) is 5.16 Å². The van der Waals surface area contributed by atoms with Gasteiger partial charge in [0.05, 0.1) is 17.1 Å². The highest BCUT2D eigenvalue weighted by Gasteiger charge is 2.24. The van der Waals surface area contributed by atoms with Gasteiger partial charge in [-0.25, -0.2) is 19.9 Å². The zero-order valence-corrected chi connectivity index (χ0v) is 13.2. The molecule has 0 atom stereocenters. The van der Waals surface area contributed by atoms with Crippen molar-refractivity contribution in [3.63, 3.8) is 0 Å². The van der Waals surface area contributed by atoms with Gasteiger partial charge in [-0.15, -0.1) is 0 Å². The number of nitrogens with zero attached hydrogens (tertiary/aromatic N) is 5. The number of hydrogen-bond acceptors (Lipinski definition) is 8. The molecule has 0 bridgehead atoms. The highest BCUT2D eigenvalue weighted by molar-refractivity contribution is 5.63. The molecule has 0 aromatic carbocycles. The molecule has 1 saturated carbocycles. The quantitative estimate of drug-likeness (QED) is 0.735. The van der Waals surface area contributed by atoms with Crippen LogP contribution in [0.25, 0.3) is 11.3 Å². The fourth-order valence-corrected chi connectivity index (χ4v) is 2.50. The van der Waals surface area contributed by atoms with Crippen molar-refractivity contribution >= 4 is 17.8 Å². The number of anilines is 3. The number of aromatic nitrogens is 5. The summed E-state index contributed by atoms with van der Waals surface area (Å²) >= 11 is 0. The minimum absolute atomic E-state index is 0.291. The fraction of sp³-hybridized carbons (Fsp3) is 0.312. The first-order valence-electron chi connectivity index (χ1n) is 7.82. The second kappa shape index (κ2) is 5.88. The SMILES string of the molecule is Cc1cc(Nc2nccc(-c3cnc(N)nc3CC3CC3)n2)on1. The summed E-state index contributed by atoms with van der Waals surface area (Å²) in [6.45, 7) is 1.85. The normalized spacial score (nSPS) is 13.9. The Morgan fingerprint density at radius 2 is 2.17 bits per heavy atom. The zero-order valence-electron chi connectivity index (χ0n) is 13.2. The molecule has 0 radical (unpaired) electrons. The Morgan fingerprint density at radius 1 is 1.29 bits per heavy atom. The lowest BCUT2D eigenvalue weighted by Gasteiger charge is -2.09. The van der Waals surface area contributed by atoms with Crippen molar-refractivity contribution < 1.29 is 4.52 Å². The molecule has 1 aliphatic carbocycles. The van der Waals surface area contributed by atoms with Gasteiger partial charge in [0.15, 0.2) is 0 Å². The molecule has 24 heavy (non-hydrogen) atoms. The van der Waals surface area contributed by atoms with Crippen molar-refractivity contribution in [3.05, 3.63) is 35.9 Å². The molecular formula is C16H17N7O. The number of hydrogen-bond donors (Lipinski definition) is 2. The third-order valence-electron chi connectivity index (χ3n) is 3.86. The van der Waals surface area contributed by atoms with Crippen LogP contribution in [-0.4, -0.2) is 25.1 Å². The van der Waals surface area contributed by atoms with Crippen LogP contribution in [-0.2, 0) is 6.42 Å². The molecule has 8 heteroatoms. The summed E-state index contributed by atoms with van der Waals surface area (Å²) in [7, 11) is 0. The van der Waals surface area contributed by atoms with E-state index in [1.165, 1.54) is 12.8 Å². The Kier molecular flexibility index (Phi) is 3.56. The maximum Gasteiger partial charge on any atom is 0.231 e. The lowest BCUT2D eigenvalue weighted by molar-refractivity contribution is 0.429. The molecule has 0 spiro atoms. The van der Waals surface area contributed by atoms with Crippen LogP contribution in [0.2, 0.25) is 0 Å². The Labute approximate surface area is 138 Å². The van der Waals surface area contributed by atoms with Crippen LogP contribution in [0.1, 0.15) is 24.2 Å². The number of nitrogens with two attached hydrogens (primary N) is 1. The summed E-state index contributed by atoms with van der Waals surface area (Å²) in [4.78, 5) is 17.3. The Bertz CT molecular complexity index is 872.